The summed E-state index contributed by atoms with van der Waals surface area (Å²) in [6.07, 6.45) is 0.136. The zero-order valence-electron chi connectivity index (χ0n) is 15.2. The van der Waals surface area contributed by atoms with Crippen molar-refractivity contribution in [3.8, 4) is 5.75 Å². The van der Waals surface area contributed by atoms with E-state index in [4.69, 9.17) is 4.74 Å². The predicted molar refractivity (Wildman–Crippen MR) is 101 cm³/mol. The molecule has 0 saturated heterocycles. The normalized spacial score (nSPS) is 11.4. The predicted octanol–water partition coefficient (Wildman–Crippen LogP) is 2.86. The molecule has 1 atom stereocenters. The molecule has 0 aromatic heterocycles. The number of benzene rings is 2. The fraction of sp³-hybridized carbons (Fsp3) is 0.286. The Kier molecular flexibility index (Phi) is 7.55. The lowest BCUT2D eigenvalue weighted by molar-refractivity contribution is -0.141. The average Bonchev–Trinajstić information content (AvgIpc) is 2.67. The number of carbonyl (C=O) groups excluding carboxylic acids is 2. The van der Waals surface area contributed by atoms with Gasteiger partial charge in [0.1, 0.15) is 11.8 Å². The summed E-state index contributed by atoms with van der Waals surface area (Å²) in [6.45, 7) is 2.42. The molecule has 0 unspecified atom stereocenters. The van der Waals surface area contributed by atoms with Gasteiger partial charge < -0.3 is 15.2 Å². The second kappa shape index (κ2) is 10.1. The number of ketones is 1. The van der Waals surface area contributed by atoms with Crippen molar-refractivity contribution in [1.29, 1.82) is 0 Å². The van der Waals surface area contributed by atoms with Crippen LogP contribution in [0.25, 0.3) is 0 Å². The molecule has 2 aromatic carbocycles. The highest BCUT2D eigenvalue weighted by Gasteiger charge is 2.20. The highest BCUT2D eigenvalue weighted by Crippen LogP contribution is 2.14. The van der Waals surface area contributed by atoms with Crippen molar-refractivity contribution in [2.24, 2.45) is 0 Å². The Hall–Kier alpha value is -3.15. The molecule has 0 saturated carbocycles. The Balaban J connectivity index is 1.86. The third-order valence-corrected chi connectivity index (χ3v) is 3.98. The summed E-state index contributed by atoms with van der Waals surface area (Å²) >= 11 is 0. The maximum atomic E-state index is 12.2. The Morgan fingerprint density at radius 3 is 2.26 bits per heavy atom. The zero-order valence-corrected chi connectivity index (χ0v) is 15.2. The van der Waals surface area contributed by atoms with Crippen molar-refractivity contribution in [3.63, 3.8) is 0 Å². The van der Waals surface area contributed by atoms with Gasteiger partial charge in [0.15, 0.2) is 5.78 Å². The molecule has 2 aromatic rings. The number of ether oxygens (including phenoxy) is 1. The van der Waals surface area contributed by atoms with Crippen LogP contribution >= 0.6 is 0 Å². The Morgan fingerprint density at radius 1 is 1.00 bits per heavy atom. The van der Waals surface area contributed by atoms with E-state index >= 15 is 0 Å². The van der Waals surface area contributed by atoms with Gasteiger partial charge in [-0.15, -0.1) is 0 Å². The van der Waals surface area contributed by atoms with Crippen molar-refractivity contribution in [1.82, 2.24) is 5.32 Å². The molecule has 6 heteroatoms. The van der Waals surface area contributed by atoms with E-state index in [9.17, 15) is 19.5 Å². The van der Waals surface area contributed by atoms with Crippen LogP contribution in [0.1, 0.15) is 35.7 Å². The molecule has 0 fully saturated rings. The van der Waals surface area contributed by atoms with Gasteiger partial charge in [-0.2, -0.15) is 0 Å². The van der Waals surface area contributed by atoms with Crippen molar-refractivity contribution < 1.29 is 24.2 Å². The lowest BCUT2D eigenvalue weighted by Gasteiger charge is -2.14. The molecule has 142 valence electrons. The first-order valence-corrected chi connectivity index (χ1v) is 8.81. The van der Waals surface area contributed by atoms with Crippen LogP contribution in [0.15, 0.2) is 54.6 Å². The minimum atomic E-state index is -1.11. The van der Waals surface area contributed by atoms with Crippen LogP contribution in [0.5, 0.6) is 5.75 Å². The molecular weight excluding hydrogens is 346 g/mol. The van der Waals surface area contributed by atoms with Crippen LogP contribution in [-0.2, 0) is 16.0 Å². The minimum absolute atomic E-state index is 0.0114. The summed E-state index contributed by atoms with van der Waals surface area (Å²) in [5, 5.41) is 11.8. The third-order valence-electron chi connectivity index (χ3n) is 3.98. The van der Waals surface area contributed by atoms with Gasteiger partial charge in [0.25, 0.3) is 0 Å². The molecule has 0 aliphatic carbocycles. The molecular formula is C21H23NO5. The smallest absolute Gasteiger partial charge is 0.326 e. The second-order valence-corrected chi connectivity index (χ2v) is 6.03. The second-order valence-electron chi connectivity index (χ2n) is 6.03. The Morgan fingerprint density at radius 2 is 1.67 bits per heavy atom. The van der Waals surface area contributed by atoms with Crippen molar-refractivity contribution in [2.75, 3.05) is 6.61 Å². The third kappa shape index (κ3) is 6.58. The summed E-state index contributed by atoms with van der Waals surface area (Å²) in [5.74, 6) is -1.07. The fourth-order valence-electron chi connectivity index (χ4n) is 2.59. The number of Topliss-reactive ketones (excluding diaryl/α,β-unsaturated/α-hetero) is 1. The Labute approximate surface area is 158 Å². The molecule has 2 rings (SSSR count). The minimum Gasteiger partial charge on any atom is -0.494 e. The molecule has 0 aliphatic heterocycles. The molecule has 2 N–H and O–H groups in total. The van der Waals surface area contributed by atoms with Gasteiger partial charge in [0.2, 0.25) is 5.91 Å². The average molecular weight is 369 g/mol. The topological polar surface area (TPSA) is 92.7 Å². The van der Waals surface area contributed by atoms with E-state index in [1.54, 1.807) is 36.4 Å². The van der Waals surface area contributed by atoms with Gasteiger partial charge in [-0.05, 0) is 36.8 Å². The lowest BCUT2D eigenvalue weighted by atomic mass is 10.0. The van der Waals surface area contributed by atoms with E-state index < -0.39 is 17.9 Å². The lowest BCUT2D eigenvalue weighted by Crippen LogP contribution is -2.42. The summed E-state index contributed by atoms with van der Waals surface area (Å²) < 4.78 is 5.32. The SMILES string of the molecule is CCOc1ccc(C(=O)CCC(=O)N[C@H](Cc2ccccc2)C(=O)O)cc1. The molecule has 27 heavy (non-hydrogen) atoms. The number of nitrogens with one attached hydrogen (secondary N) is 1. The van der Waals surface area contributed by atoms with E-state index in [-0.39, 0.29) is 25.0 Å². The number of carbonyl (C=O) groups is 3. The number of rotatable bonds is 10. The van der Waals surface area contributed by atoms with Crippen molar-refractivity contribution >= 4 is 17.7 Å². The zero-order chi connectivity index (χ0) is 19.6. The van der Waals surface area contributed by atoms with Crippen LogP contribution in [0.4, 0.5) is 0 Å². The maximum Gasteiger partial charge on any atom is 0.326 e. The monoisotopic (exact) mass is 369 g/mol. The van der Waals surface area contributed by atoms with Crippen LogP contribution < -0.4 is 10.1 Å². The highest BCUT2D eigenvalue weighted by atomic mass is 16.5. The summed E-state index contributed by atoms with van der Waals surface area (Å²) in [4.78, 5) is 35.7. The standard InChI is InChI=1S/C21H23NO5/c1-2-27-17-10-8-16(9-11-17)19(23)12-13-20(24)22-18(21(25)26)14-15-6-4-3-5-7-15/h3-11,18H,2,12-14H2,1H3,(H,22,24)(H,25,26)/t18-/m1/s1. The van der Waals surface area contributed by atoms with Crippen LogP contribution in [0, 0.1) is 0 Å². The molecule has 6 nitrogen and oxygen atoms in total. The molecule has 1 amide bonds. The number of aliphatic carboxylic acids is 1. The van der Waals surface area contributed by atoms with Crippen LogP contribution in [0.2, 0.25) is 0 Å². The number of carboxylic acid groups (broad SMARTS) is 1. The molecule has 0 bridgehead atoms. The number of carboxylic acids is 1. The van der Waals surface area contributed by atoms with Crippen LogP contribution in [-0.4, -0.2) is 35.4 Å². The van der Waals surface area contributed by atoms with E-state index in [1.165, 1.54) is 0 Å². The molecule has 0 aliphatic rings. The Bertz CT molecular complexity index is 771. The van der Waals surface area contributed by atoms with Crippen LogP contribution in [0.3, 0.4) is 0 Å². The van der Waals surface area contributed by atoms with E-state index in [0.717, 1.165) is 5.56 Å². The first kappa shape index (κ1) is 20.2. The van der Waals surface area contributed by atoms with E-state index in [2.05, 4.69) is 5.32 Å². The van der Waals surface area contributed by atoms with Crippen molar-refractivity contribution in [3.05, 3.63) is 65.7 Å². The summed E-state index contributed by atoms with van der Waals surface area (Å²) in [5.41, 5.74) is 1.31. The first-order valence-electron chi connectivity index (χ1n) is 8.81. The quantitative estimate of drug-likeness (QED) is 0.628. The van der Waals surface area contributed by atoms with Gasteiger partial charge in [-0.25, -0.2) is 4.79 Å². The van der Waals surface area contributed by atoms with Gasteiger partial charge in [0, 0.05) is 24.8 Å². The number of hydrogen-bond acceptors (Lipinski definition) is 4. The molecule has 0 heterocycles. The van der Waals surface area contributed by atoms with E-state index in [1.807, 2.05) is 25.1 Å². The van der Waals surface area contributed by atoms with Gasteiger partial charge in [-0.1, -0.05) is 30.3 Å². The largest absolute Gasteiger partial charge is 0.494 e. The highest BCUT2D eigenvalue weighted by molar-refractivity contribution is 5.98. The van der Waals surface area contributed by atoms with E-state index in [0.29, 0.717) is 17.9 Å². The molecule has 0 radical (unpaired) electrons. The number of amides is 1. The van der Waals surface area contributed by atoms with Crippen molar-refractivity contribution in [2.45, 2.75) is 32.2 Å². The molecule has 0 spiro atoms. The number of hydrogen-bond donors (Lipinski definition) is 2. The van der Waals surface area contributed by atoms with Gasteiger partial charge >= 0.3 is 5.97 Å². The first-order chi connectivity index (χ1) is 13.0. The van der Waals surface area contributed by atoms with Gasteiger partial charge in [-0.3, -0.25) is 9.59 Å². The maximum absolute atomic E-state index is 12.2. The summed E-state index contributed by atoms with van der Waals surface area (Å²) in [6, 6.07) is 14.8. The van der Waals surface area contributed by atoms with Gasteiger partial charge in [0.05, 0.1) is 6.61 Å². The fourth-order valence-corrected chi connectivity index (χ4v) is 2.59. The summed E-state index contributed by atoms with van der Waals surface area (Å²) in [7, 11) is 0.